The van der Waals surface area contributed by atoms with Crippen molar-refractivity contribution in [3.05, 3.63) is 41.0 Å². The zero-order valence-corrected chi connectivity index (χ0v) is 12.8. The molecule has 0 atom stereocenters. The maximum absolute atomic E-state index is 11.8. The summed E-state index contributed by atoms with van der Waals surface area (Å²) >= 11 is 6.04. The van der Waals surface area contributed by atoms with Gasteiger partial charge in [0.25, 0.3) is 0 Å². The van der Waals surface area contributed by atoms with E-state index in [0.717, 1.165) is 5.56 Å². The zero-order chi connectivity index (χ0) is 15.9. The first-order chi connectivity index (χ1) is 10.5. The Labute approximate surface area is 132 Å². The third-order valence-corrected chi connectivity index (χ3v) is 3.17. The van der Waals surface area contributed by atoms with Gasteiger partial charge in [-0.1, -0.05) is 29.8 Å². The molecule has 1 heterocycles. The monoisotopic (exact) mass is 321 g/mol. The van der Waals surface area contributed by atoms with Crippen LogP contribution in [0.5, 0.6) is 0 Å². The van der Waals surface area contributed by atoms with Gasteiger partial charge in [-0.15, -0.1) is 5.10 Å². The SMILES string of the molecule is CC(=O)Nc1cnn(CC(=O)NCCc2ccccc2Cl)n1. The first-order valence-electron chi connectivity index (χ1n) is 6.72. The second-order valence-electron chi connectivity index (χ2n) is 4.63. The lowest BCUT2D eigenvalue weighted by Crippen LogP contribution is -2.30. The smallest absolute Gasteiger partial charge is 0.243 e. The van der Waals surface area contributed by atoms with E-state index in [0.29, 0.717) is 23.8 Å². The van der Waals surface area contributed by atoms with Crippen molar-refractivity contribution in [3.8, 4) is 0 Å². The highest BCUT2D eigenvalue weighted by Gasteiger charge is 2.07. The standard InChI is InChI=1S/C14H16ClN5O2/c1-10(21)18-13-8-17-20(19-13)9-14(22)16-7-6-11-4-2-3-5-12(11)15/h2-5,8H,6-7,9H2,1H3,(H,16,22)(H,18,19,21). The van der Waals surface area contributed by atoms with Crippen LogP contribution in [0.1, 0.15) is 12.5 Å². The number of benzene rings is 1. The molecule has 22 heavy (non-hydrogen) atoms. The molecular formula is C14H16ClN5O2. The highest BCUT2D eigenvalue weighted by atomic mass is 35.5. The molecular weight excluding hydrogens is 306 g/mol. The minimum absolute atomic E-state index is 0.0118. The third kappa shape index (κ3) is 4.85. The number of carbonyl (C=O) groups is 2. The lowest BCUT2D eigenvalue weighted by Gasteiger charge is -2.06. The van der Waals surface area contributed by atoms with Crippen molar-refractivity contribution >= 4 is 29.2 Å². The Morgan fingerprint density at radius 3 is 2.82 bits per heavy atom. The Morgan fingerprint density at radius 2 is 2.09 bits per heavy atom. The first kappa shape index (κ1) is 16.0. The molecule has 2 N–H and O–H groups in total. The van der Waals surface area contributed by atoms with Crippen LogP contribution in [0.15, 0.2) is 30.5 Å². The van der Waals surface area contributed by atoms with Gasteiger partial charge in [0.1, 0.15) is 6.54 Å². The van der Waals surface area contributed by atoms with Gasteiger partial charge in [0.05, 0.1) is 6.20 Å². The summed E-state index contributed by atoms with van der Waals surface area (Å²) in [4.78, 5) is 23.9. The summed E-state index contributed by atoms with van der Waals surface area (Å²) in [5, 5.41) is 13.8. The summed E-state index contributed by atoms with van der Waals surface area (Å²) in [7, 11) is 0. The maximum Gasteiger partial charge on any atom is 0.243 e. The van der Waals surface area contributed by atoms with E-state index >= 15 is 0 Å². The normalized spacial score (nSPS) is 10.3. The van der Waals surface area contributed by atoms with Gasteiger partial charge < -0.3 is 10.6 Å². The predicted molar refractivity (Wildman–Crippen MR) is 82.5 cm³/mol. The third-order valence-electron chi connectivity index (χ3n) is 2.80. The molecule has 0 bridgehead atoms. The summed E-state index contributed by atoms with van der Waals surface area (Å²) in [5.41, 5.74) is 0.981. The number of nitrogens with zero attached hydrogens (tertiary/aromatic N) is 3. The Morgan fingerprint density at radius 1 is 1.32 bits per heavy atom. The first-order valence-corrected chi connectivity index (χ1v) is 7.10. The largest absolute Gasteiger partial charge is 0.354 e. The zero-order valence-electron chi connectivity index (χ0n) is 12.0. The molecule has 2 rings (SSSR count). The summed E-state index contributed by atoms with van der Waals surface area (Å²) in [6.07, 6.45) is 2.04. The Balaban J connectivity index is 1.77. The Bertz CT molecular complexity index is 671. The van der Waals surface area contributed by atoms with Crippen LogP contribution >= 0.6 is 11.6 Å². The maximum atomic E-state index is 11.8. The highest BCUT2D eigenvalue weighted by Crippen LogP contribution is 2.14. The number of halogens is 1. The summed E-state index contributed by atoms with van der Waals surface area (Å²) < 4.78 is 0. The number of aromatic nitrogens is 3. The number of nitrogens with one attached hydrogen (secondary N) is 2. The van der Waals surface area contributed by atoms with Crippen molar-refractivity contribution in [2.45, 2.75) is 19.9 Å². The molecule has 116 valence electrons. The molecule has 8 heteroatoms. The summed E-state index contributed by atoms with van der Waals surface area (Å²) in [6, 6.07) is 7.50. The van der Waals surface area contributed by atoms with Crippen molar-refractivity contribution in [3.63, 3.8) is 0 Å². The number of amides is 2. The predicted octanol–water partition coefficient (Wildman–Crippen LogP) is 1.25. The fourth-order valence-electron chi connectivity index (χ4n) is 1.83. The molecule has 0 aliphatic heterocycles. The van der Waals surface area contributed by atoms with Crippen LogP contribution in [0.4, 0.5) is 5.82 Å². The molecule has 0 unspecified atom stereocenters. The summed E-state index contributed by atoms with van der Waals surface area (Å²) in [6.45, 7) is 1.84. The van der Waals surface area contributed by atoms with Crippen LogP contribution in [0.3, 0.4) is 0 Å². The number of anilines is 1. The van der Waals surface area contributed by atoms with Crippen LogP contribution in [0.2, 0.25) is 5.02 Å². The number of hydrogen-bond acceptors (Lipinski definition) is 4. The van der Waals surface area contributed by atoms with Gasteiger partial charge in [0, 0.05) is 18.5 Å². The second kappa shape index (κ2) is 7.56. The molecule has 0 aliphatic carbocycles. The summed E-state index contributed by atoms with van der Waals surface area (Å²) in [5.74, 6) is -0.135. The molecule has 0 saturated carbocycles. The number of rotatable bonds is 6. The van der Waals surface area contributed by atoms with Crippen LogP contribution in [-0.4, -0.2) is 33.4 Å². The van der Waals surface area contributed by atoms with Crippen LogP contribution in [0.25, 0.3) is 0 Å². The average molecular weight is 322 g/mol. The molecule has 7 nitrogen and oxygen atoms in total. The molecule has 2 amide bonds. The number of hydrogen-bond donors (Lipinski definition) is 2. The average Bonchev–Trinajstić information content (AvgIpc) is 2.87. The van der Waals surface area contributed by atoms with Gasteiger partial charge >= 0.3 is 0 Å². The van der Waals surface area contributed by atoms with Gasteiger partial charge in [-0.25, -0.2) is 0 Å². The van der Waals surface area contributed by atoms with E-state index in [1.807, 2.05) is 24.3 Å². The van der Waals surface area contributed by atoms with Crippen molar-refractivity contribution in [2.24, 2.45) is 0 Å². The van der Waals surface area contributed by atoms with E-state index in [1.165, 1.54) is 17.9 Å². The molecule has 0 aliphatic rings. The fraction of sp³-hybridized carbons (Fsp3) is 0.286. The van der Waals surface area contributed by atoms with Crippen molar-refractivity contribution in [2.75, 3.05) is 11.9 Å². The topological polar surface area (TPSA) is 88.9 Å². The molecule has 0 fully saturated rings. The molecule has 0 saturated heterocycles. The minimum atomic E-state index is -0.240. The molecule has 1 aromatic heterocycles. The van der Waals surface area contributed by atoms with E-state index in [-0.39, 0.29) is 18.4 Å². The molecule has 0 spiro atoms. The fourth-order valence-corrected chi connectivity index (χ4v) is 2.06. The van der Waals surface area contributed by atoms with Crippen LogP contribution < -0.4 is 10.6 Å². The Kier molecular flexibility index (Phi) is 5.48. The molecule has 2 aromatic rings. The van der Waals surface area contributed by atoms with Gasteiger partial charge in [-0.05, 0) is 18.1 Å². The van der Waals surface area contributed by atoms with Gasteiger partial charge in [0.15, 0.2) is 5.82 Å². The van der Waals surface area contributed by atoms with Crippen molar-refractivity contribution in [1.82, 2.24) is 20.3 Å². The van der Waals surface area contributed by atoms with E-state index in [1.54, 1.807) is 0 Å². The minimum Gasteiger partial charge on any atom is -0.354 e. The van der Waals surface area contributed by atoms with Gasteiger partial charge in [0.2, 0.25) is 11.8 Å². The molecule has 0 radical (unpaired) electrons. The highest BCUT2D eigenvalue weighted by molar-refractivity contribution is 6.31. The van der Waals surface area contributed by atoms with E-state index in [9.17, 15) is 9.59 Å². The Hall–Kier alpha value is -2.41. The molecule has 1 aromatic carbocycles. The van der Waals surface area contributed by atoms with E-state index < -0.39 is 0 Å². The van der Waals surface area contributed by atoms with Crippen molar-refractivity contribution < 1.29 is 9.59 Å². The number of carbonyl (C=O) groups excluding carboxylic acids is 2. The quantitative estimate of drug-likeness (QED) is 0.838. The van der Waals surface area contributed by atoms with Gasteiger partial charge in [-0.3, -0.25) is 9.59 Å². The lowest BCUT2D eigenvalue weighted by atomic mass is 10.1. The van der Waals surface area contributed by atoms with Crippen LogP contribution in [-0.2, 0) is 22.6 Å². The second-order valence-corrected chi connectivity index (χ2v) is 5.04. The van der Waals surface area contributed by atoms with E-state index in [4.69, 9.17) is 11.6 Å². The van der Waals surface area contributed by atoms with Gasteiger partial charge in [-0.2, -0.15) is 9.90 Å². The van der Waals surface area contributed by atoms with Crippen molar-refractivity contribution in [1.29, 1.82) is 0 Å². The van der Waals surface area contributed by atoms with Crippen LogP contribution in [0, 0.1) is 0 Å². The lowest BCUT2D eigenvalue weighted by molar-refractivity contribution is -0.122. The van der Waals surface area contributed by atoms with E-state index in [2.05, 4.69) is 20.8 Å².